The molecule has 1 unspecified atom stereocenters. The number of piperidine rings is 1. The molecule has 0 spiro atoms. The molecule has 0 aliphatic carbocycles. The Labute approximate surface area is 248 Å². The van der Waals surface area contributed by atoms with Crippen molar-refractivity contribution in [3.8, 4) is 16.9 Å². The molecule has 41 heavy (non-hydrogen) atoms. The number of carbonyl (C=O) groups excluding carboxylic acids is 2. The van der Waals surface area contributed by atoms with Crippen molar-refractivity contribution in [2.75, 3.05) is 46.5 Å². The molecule has 2 aliphatic heterocycles. The van der Waals surface area contributed by atoms with Crippen LogP contribution in [-0.2, 0) is 16.0 Å². The molecule has 2 aliphatic rings. The second-order valence-corrected chi connectivity index (χ2v) is 11.0. The van der Waals surface area contributed by atoms with E-state index < -0.39 is 11.9 Å². The summed E-state index contributed by atoms with van der Waals surface area (Å²) in [6, 6.07) is 9.95. The first-order valence-corrected chi connectivity index (χ1v) is 14.3. The number of hydrogen-bond donors (Lipinski definition) is 2. The molecule has 0 saturated carbocycles. The highest BCUT2D eigenvalue weighted by molar-refractivity contribution is 5.96. The third-order valence-corrected chi connectivity index (χ3v) is 7.61. The molecule has 2 N–H and O–H groups in total. The van der Waals surface area contributed by atoms with Crippen LogP contribution in [0.2, 0.25) is 0 Å². The van der Waals surface area contributed by atoms with E-state index in [1.807, 2.05) is 30.9 Å². The average Bonchev–Trinajstić information content (AvgIpc) is 3.38. The molecule has 2 saturated heterocycles. The minimum absolute atomic E-state index is 0. The van der Waals surface area contributed by atoms with Crippen LogP contribution < -0.4 is 10.1 Å². The van der Waals surface area contributed by atoms with Gasteiger partial charge in [0.2, 0.25) is 5.91 Å². The number of rotatable bonds is 11. The standard InChI is InChI=1S/C31H42FN3O5.ClH/c1-21(2)35(24-6-4-12-33-19-24)30(37)17-22-7-9-26(29(16-22)40-15-5-14-39-3)27-18-23(8-10-28(27)32)31(38)34-13-11-25(36)20-34;/h7-10,16,18,21,24-25,33,36H,4-6,11-15,17,19-20H2,1-3H3;1H/t24-,25?;/m1./s1. The normalized spacial score (nSPS) is 18.7. The molecule has 0 bridgehead atoms. The second-order valence-electron chi connectivity index (χ2n) is 11.0. The summed E-state index contributed by atoms with van der Waals surface area (Å²) in [7, 11) is 1.62. The number of aliphatic hydroxyl groups is 1. The summed E-state index contributed by atoms with van der Waals surface area (Å²) in [5.74, 6) is -0.210. The molecule has 2 aromatic rings. The first kappa shape index (κ1) is 32.8. The van der Waals surface area contributed by atoms with E-state index >= 15 is 4.39 Å². The molecular weight excluding hydrogens is 549 g/mol. The zero-order valence-electron chi connectivity index (χ0n) is 24.2. The van der Waals surface area contributed by atoms with Gasteiger partial charge in [0.15, 0.2) is 0 Å². The molecule has 2 fully saturated rings. The summed E-state index contributed by atoms with van der Waals surface area (Å²) in [5.41, 5.74) is 1.90. The second kappa shape index (κ2) is 15.5. The third kappa shape index (κ3) is 8.41. The molecule has 226 valence electrons. The van der Waals surface area contributed by atoms with Crippen LogP contribution in [0.1, 0.15) is 55.5 Å². The summed E-state index contributed by atoms with van der Waals surface area (Å²) in [6.45, 7) is 7.47. The van der Waals surface area contributed by atoms with Crippen LogP contribution in [0.4, 0.5) is 4.39 Å². The van der Waals surface area contributed by atoms with Crippen LogP contribution in [0.3, 0.4) is 0 Å². The van der Waals surface area contributed by atoms with Gasteiger partial charge in [0, 0.05) is 68.5 Å². The maximum Gasteiger partial charge on any atom is 0.253 e. The molecule has 2 aromatic carbocycles. The van der Waals surface area contributed by atoms with E-state index in [0.29, 0.717) is 49.5 Å². The van der Waals surface area contributed by atoms with E-state index in [2.05, 4.69) is 5.32 Å². The number of β-amino-alcohol motifs (C(OH)–C–C–N with tert-alkyl or cyclic N) is 1. The van der Waals surface area contributed by atoms with Gasteiger partial charge in [-0.05, 0) is 69.5 Å². The lowest BCUT2D eigenvalue weighted by atomic mass is 9.97. The third-order valence-electron chi connectivity index (χ3n) is 7.61. The minimum atomic E-state index is -0.535. The largest absolute Gasteiger partial charge is 0.493 e. The van der Waals surface area contributed by atoms with Gasteiger partial charge in [-0.1, -0.05) is 12.1 Å². The Hall–Kier alpha value is -2.72. The Morgan fingerprint density at radius 2 is 1.95 bits per heavy atom. The molecule has 4 rings (SSSR count). The lowest BCUT2D eigenvalue weighted by Gasteiger charge is -2.37. The SMILES string of the molecule is COCCCOc1cc(CC(=O)N(C(C)C)[C@@H]2CCCNC2)ccc1-c1cc(C(=O)N2CCC(O)C2)ccc1F.Cl. The van der Waals surface area contributed by atoms with Crippen molar-refractivity contribution in [3.63, 3.8) is 0 Å². The number of carbonyl (C=O) groups is 2. The van der Waals surface area contributed by atoms with Crippen molar-refractivity contribution in [2.45, 2.75) is 64.1 Å². The van der Waals surface area contributed by atoms with E-state index in [1.54, 1.807) is 24.1 Å². The topological polar surface area (TPSA) is 91.3 Å². The van der Waals surface area contributed by atoms with E-state index in [1.165, 1.54) is 12.1 Å². The Balaban J connectivity index is 0.00000462. The molecule has 8 nitrogen and oxygen atoms in total. The molecule has 10 heteroatoms. The van der Waals surface area contributed by atoms with Crippen LogP contribution >= 0.6 is 12.4 Å². The average molecular weight is 592 g/mol. The number of aliphatic hydroxyl groups excluding tert-OH is 1. The van der Waals surface area contributed by atoms with Crippen molar-refractivity contribution >= 4 is 24.2 Å². The minimum Gasteiger partial charge on any atom is -0.493 e. The zero-order chi connectivity index (χ0) is 28.6. The maximum atomic E-state index is 15.2. The van der Waals surface area contributed by atoms with Crippen LogP contribution in [0.15, 0.2) is 36.4 Å². The van der Waals surface area contributed by atoms with E-state index in [-0.39, 0.29) is 54.8 Å². The quantitative estimate of drug-likeness (QED) is 0.383. The van der Waals surface area contributed by atoms with Crippen LogP contribution in [0.5, 0.6) is 5.75 Å². The number of nitrogens with zero attached hydrogens (tertiary/aromatic N) is 2. The monoisotopic (exact) mass is 591 g/mol. The van der Waals surface area contributed by atoms with Gasteiger partial charge in [0.1, 0.15) is 11.6 Å². The van der Waals surface area contributed by atoms with Crippen LogP contribution in [0, 0.1) is 5.82 Å². The number of likely N-dealkylation sites (tertiary alicyclic amines) is 1. The smallest absolute Gasteiger partial charge is 0.253 e. The molecule has 0 radical (unpaired) electrons. The fraction of sp³-hybridized carbons (Fsp3) is 0.548. The van der Waals surface area contributed by atoms with E-state index in [9.17, 15) is 14.7 Å². The van der Waals surface area contributed by atoms with Crippen molar-refractivity contribution in [1.29, 1.82) is 0 Å². The zero-order valence-corrected chi connectivity index (χ0v) is 25.1. The van der Waals surface area contributed by atoms with Crippen molar-refractivity contribution < 1.29 is 28.6 Å². The van der Waals surface area contributed by atoms with E-state index in [4.69, 9.17) is 9.47 Å². The maximum absolute atomic E-state index is 15.2. The highest BCUT2D eigenvalue weighted by atomic mass is 35.5. The van der Waals surface area contributed by atoms with Gasteiger partial charge in [0.05, 0.1) is 19.1 Å². The number of amides is 2. The number of nitrogens with one attached hydrogen (secondary N) is 1. The molecule has 2 atom stereocenters. The Kier molecular flexibility index (Phi) is 12.4. The summed E-state index contributed by atoms with van der Waals surface area (Å²) in [4.78, 5) is 30.1. The highest BCUT2D eigenvalue weighted by Crippen LogP contribution is 2.34. The fourth-order valence-electron chi connectivity index (χ4n) is 5.63. The number of ether oxygens (including phenoxy) is 2. The van der Waals surface area contributed by atoms with Crippen molar-refractivity contribution in [2.24, 2.45) is 0 Å². The predicted octanol–water partition coefficient (Wildman–Crippen LogP) is 4.07. The van der Waals surface area contributed by atoms with Gasteiger partial charge in [-0.25, -0.2) is 4.39 Å². The van der Waals surface area contributed by atoms with Gasteiger partial charge in [-0.15, -0.1) is 12.4 Å². The lowest BCUT2D eigenvalue weighted by Crippen LogP contribution is -2.52. The first-order valence-electron chi connectivity index (χ1n) is 14.3. The van der Waals surface area contributed by atoms with Gasteiger partial charge < -0.3 is 29.7 Å². The first-order chi connectivity index (χ1) is 19.3. The number of halogens is 2. The van der Waals surface area contributed by atoms with Crippen LogP contribution in [-0.4, -0.2) is 91.4 Å². The fourth-order valence-corrected chi connectivity index (χ4v) is 5.63. The Bertz CT molecular complexity index is 1170. The van der Waals surface area contributed by atoms with Crippen molar-refractivity contribution in [3.05, 3.63) is 53.3 Å². The highest BCUT2D eigenvalue weighted by Gasteiger charge is 2.28. The summed E-state index contributed by atoms with van der Waals surface area (Å²) in [5, 5.41) is 13.2. The Morgan fingerprint density at radius 3 is 2.61 bits per heavy atom. The molecular formula is C31H43ClFN3O5. The van der Waals surface area contributed by atoms with Gasteiger partial charge in [-0.2, -0.15) is 0 Å². The number of methoxy groups -OCH3 is 1. The molecule has 2 heterocycles. The molecule has 0 aromatic heterocycles. The van der Waals surface area contributed by atoms with Crippen molar-refractivity contribution in [1.82, 2.24) is 15.1 Å². The number of hydrogen-bond acceptors (Lipinski definition) is 6. The number of benzene rings is 2. The van der Waals surface area contributed by atoms with Crippen LogP contribution in [0.25, 0.3) is 11.1 Å². The lowest BCUT2D eigenvalue weighted by molar-refractivity contribution is -0.135. The summed E-state index contributed by atoms with van der Waals surface area (Å²) in [6.07, 6.45) is 2.88. The van der Waals surface area contributed by atoms with Gasteiger partial charge in [0.25, 0.3) is 5.91 Å². The predicted molar refractivity (Wildman–Crippen MR) is 159 cm³/mol. The summed E-state index contributed by atoms with van der Waals surface area (Å²) < 4.78 is 26.4. The van der Waals surface area contributed by atoms with Gasteiger partial charge >= 0.3 is 0 Å². The summed E-state index contributed by atoms with van der Waals surface area (Å²) >= 11 is 0. The Morgan fingerprint density at radius 1 is 1.15 bits per heavy atom. The van der Waals surface area contributed by atoms with Gasteiger partial charge in [-0.3, -0.25) is 9.59 Å². The van der Waals surface area contributed by atoms with E-state index in [0.717, 1.165) is 31.5 Å². The molecule has 2 amide bonds.